The molecule has 2 aromatic rings. The van der Waals surface area contributed by atoms with Gasteiger partial charge < -0.3 is 0 Å². The summed E-state index contributed by atoms with van der Waals surface area (Å²) in [4.78, 5) is 0. The van der Waals surface area contributed by atoms with Gasteiger partial charge in [-0.25, -0.2) is 12.8 Å². The van der Waals surface area contributed by atoms with Crippen LogP contribution in [0.2, 0.25) is 0 Å². The van der Waals surface area contributed by atoms with E-state index in [0.717, 1.165) is 11.3 Å². The third-order valence-electron chi connectivity index (χ3n) is 2.17. The van der Waals surface area contributed by atoms with E-state index in [9.17, 15) is 12.8 Å². The maximum Gasteiger partial charge on any atom is 0.271 e. The third kappa shape index (κ3) is 2.65. The Morgan fingerprint density at radius 1 is 1.29 bits per heavy atom. The van der Waals surface area contributed by atoms with Gasteiger partial charge in [-0.15, -0.1) is 11.3 Å². The lowest BCUT2D eigenvalue weighted by molar-refractivity contribution is 0.602. The van der Waals surface area contributed by atoms with Crippen molar-refractivity contribution in [2.24, 2.45) is 0 Å². The standard InChI is InChI=1S/C11H10FNO2S2/c1-8-7-9(4-5-10(8)12)13-17(14,15)11-3-2-6-16-11/h2-7,13H,1H3. The highest BCUT2D eigenvalue weighted by molar-refractivity contribution is 7.94. The first-order valence-electron chi connectivity index (χ1n) is 4.81. The van der Waals surface area contributed by atoms with Gasteiger partial charge in [0.25, 0.3) is 10.0 Å². The zero-order valence-electron chi connectivity index (χ0n) is 8.98. The van der Waals surface area contributed by atoms with Crippen LogP contribution < -0.4 is 4.72 Å². The number of aryl methyl sites for hydroxylation is 1. The number of nitrogens with one attached hydrogen (secondary N) is 1. The Kier molecular flexibility index (Phi) is 3.17. The number of anilines is 1. The quantitative estimate of drug-likeness (QED) is 0.932. The molecule has 1 aromatic heterocycles. The molecule has 0 saturated heterocycles. The first-order valence-corrected chi connectivity index (χ1v) is 7.18. The summed E-state index contributed by atoms with van der Waals surface area (Å²) in [6.07, 6.45) is 0. The second kappa shape index (κ2) is 4.46. The Morgan fingerprint density at radius 3 is 2.65 bits per heavy atom. The second-order valence-electron chi connectivity index (χ2n) is 3.50. The predicted octanol–water partition coefficient (Wildman–Crippen LogP) is 3.00. The van der Waals surface area contributed by atoms with Crippen LogP contribution in [0, 0.1) is 12.7 Å². The topological polar surface area (TPSA) is 46.2 Å². The highest BCUT2D eigenvalue weighted by atomic mass is 32.2. The van der Waals surface area contributed by atoms with Gasteiger partial charge in [-0.2, -0.15) is 0 Å². The summed E-state index contributed by atoms with van der Waals surface area (Å²) in [5.74, 6) is -0.357. The summed E-state index contributed by atoms with van der Waals surface area (Å²) in [6.45, 7) is 1.58. The molecule has 0 aliphatic carbocycles. The average Bonchev–Trinajstić information content (AvgIpc) is 2.77. The van der Waals surface area contributed by atoms with Gasteiger partial charge in [0, 0.05) is 5.69 Å². The molecule has 0 aliphatic rings. The number of hydrogen-bond acceptors (Lipinski definition) is 3. The summed E-state index contributed by atoms with van der Waals surface area (Å²) >= 11 is 1.13. The Balaban J connectivity index is 2.30. The van der Waals surface area contributed by atoms with Crippen molar-refractivity contribution in [2.75, 3.05) is 4.72 Å². The first kappa shape index (κ1) is 12.1. The van der Waals surface area contributed by atoms with E-state index in [0.29, 0.717) is 11.3 Å². The molecule has 1 N–H and O–H groups in total. The summed E-state index contributed by atoms with van der Waals surface area (Å²) in [5, 5.41) is 1.68. The van der Waals surface area contributed by atoms with Crippen LogP contribution in [0.1, 0.15) is 5.56 Å². The Morgan fingerprint density at radius 2 is 2.06 bits per heavy atom. The number of thiophene rings is 1. The number of hydrogen-bond donors (Lipinski definition) is 1. The van der Waals surface area contributed by atoms with Gasteiger partial charge >= 0.3 is 0 Å². The smallest absolute Gasteiger partial charge is 0.271 e. The van der Waals surface area contributed by atoms with Gasteiger partial charge in [-0.05, 0) is 42.1 Å². The molecule has 0 spiro atoms. The fourth-order valence-corrected chi connectivity index (χ4v) is 3.37. The van der Waals surface area contributed by atoms with Crippen LogP contribution in [0.5, 0.6) is 0 Å². The van der Waals surface area contributed by atoms with E-state index in [-0.39, 0.29) is 10.0 Å². The SMILES string of the molecule is Cc1cc(NS(=O)(=O)c2cccs2)ccc1F. The van der Waals surface area contributed by atoms with Crippen LogP contribution >= 0.6 is 11.3 Å². The van der Waals surface area contributed by atoms with Crippen molar-refractivity contribution in [3.8, 4) is 0 Å². The van der Waals surface area contributed by atoms with E-state index in [4.69, 9.17) is 0 Å². The molecule has 17 heavy (non-hydrogen) atoms. The van der Waals surface area contributed by atoms with E-state index >= 15 is 0 Å². The van der Waals surface area contributed by atoms with Gasteiger partial charge in [0.1, 0.15) is 10.0 Å². The van der Waals surface area contributed by atoms with Crippen molar-refractivity contribution in [3.05, 3.63) is 47.1 Å². The molecule has 0 radical (unpaired) electrons. The largest absolute Gasteiger partial charge is 0.279 e. The molecule has 6 heteroatoms. The van der Waals surface area contributed by atoms with Crippen LogP contribution in [0.15, 0.2) is 39.9 Å². The van der Waals surface area contributed by atoms with Gasteiger partial charge in [0.2, 0.25) is 0 Å². The average molecular weight is 271 g/mol. The molecular weight excluding hydrogens is 261 g/mol. The number of halogens is 1. The molecule has 0 saturated carbocycles. The van der Waals surface area contributed by atoms with Gasteiger partial charge in [0.05, 0.1) is 0 Å². The molecular formula is C11H10FNO2S2. The van der Waals surface area contributed by atoms with Gasteiger partial charge in [-0.1, -0.05) is 6.07 Å². The molecule has 0 bridgehead atoms. The van der Waals surface area contributed by atoms with Crippen LogP contribution in [0.3, 0.4) is 0 Å². The van der Waals surface area contributed by atoms with E-state index in [2.05, 4.69) is 4.72 Å². The van der Waals surface area contributed by atoms with Crippen molar-refractivity contribution < 1.29 is 12.8 Å². The highest BCUT2D eigenvalue weighted by Gasteiger charge is 2.15. The van der Waals surface area contributed by atoms with Crippen LogP contribution in [0.25, 0.3) is 0 Å². The summed E-state index contributed by atoms with van der Waals surface area (Å²) in [7, 11) is -3.55. The zero-order valence-corrected chi connectivity index (χ0v) is 10.6. The fourth-order valence-electron chi connectivity index (χ4n) is 1.33. The molecule has 2 rings (SSSR count). The van der Waals surface area contributed by atoms with Crippen LogP contribution in [0.4, 0.5) is 10.1 Å². The number of rotatable bonds is 3. The normalized spacial score (nSPS) is 11.4. The van der Waals surface area contributed by atoms with E-state index in [1.165, 1.54) is 24.3 Å². The second-order valence-corrected chi connectivity index (χ2v) is 6.36. The van der Waals surface area contributed by atoms with Crippen molar-refractivity contribution in [3.63, 3.8) is 0 Å². The van der Waals surface area contributed by atoms with Crippen LogP contribution in [-0.2, 0) is 10.0 Å². The molecule has 0 fully saturated rings. The van der Waals surface area contributed by atoms with Crippen LogP contribution in [-0.4, -0.2) is 8.42 Å². The molecule has 1 heterocycles. The van der Waals surface area contributed by atoms with Gasteiger partial charge in [0.15, 0.2) is 0 Å². The van der Waals surface area contributed by atoms with Crippen molar-refractivity contribution in [1.82, 2.24) is 0 Å². The lowest BCUT2D eigenvalue weighted by atomic mass is 10.2. The Bertz CT molecular complexity index is 621. The fraction of sp³-hybridized carbons (Fsp3) is 0.0909. The Hall–Kier alpha value is -1.40. The highest BCUT2D eigenvalue weighted by Crippen LogP contribution is 2.21. The minimum atomic E-state index is -3.55. The zero-order chi connectivity index (χ0) is 12.5. The summed E-state index contributed by atoms with van der Waals surface area (Å²) in [6, 6.07) is 7.27. The molecule has 0 aliphatic heterocycles. The lowest BCUT2D eigenvalue weighted by Crippen LogP contribution is -2.11. The first-order chi connectivity index (χ1) is 7.99. The molecule has 0 atom stereocenters. The van der Waals surface area contributed by atoms with Crippen molar-refractivity contribution >= 4 is 27.0 Å². The maximum atomic E-state index is 13.0. The lowest BCUT2D eigenvalue weighted by Gasteiger charge is -2.07. The van der Waals surface area contributed by atoms with E-state index in [1.807, 2.05) is 0 Å². The minimum absolute atomic E-state index is 0.236. The molecule has 0 amide bonds. The number of benzene rings is 1. The van der Waals surface area contributed by atoms with Gasteiger partial charge in [-0.3, -0.25) is 4.72 Å². The minimum Gasteiger partial charge on any atom is -0.279 e. The predicted molar refractivity (Wildman–Crippen MR) is 66.3 cm³/mol. The Labute approximate surface area is 103 Å². The van der Waals surface area contributed by atoms with E-state index < -0.39 is 10.0 Å². The third-order valence-corrected chi connectivity index (χ3v) is 4.95. The molecule has 1 aromatic carbocycles. The van der Waals surface area contributed by atoms with Crippen molar-refractivity contribution in [2.45, 2.75) is 11.1 Å². The summed E-state index contributed by atoms with van der Waals surface area (Å²) in [5.41, 5.74) is 0.758. The molecule has 3 nitrogen and oxygen atoms in total. The molecule has 90 valence electrons. The monoisotopic (exact) mass is 271 g/mol. The number of sulfonamides is 1. The molecule has 0 unspecified atom stereocenters. The summed E-state index contributed by atoms with van der Waals surface area (Å²) < 4.78 is 39.4. The van der Waals surface area contributed by atoms with E-state index in [1.54, 1.807) is 18.4 Å². The van der Waals surface area contributed by atoms with Crippen molar-refractivity contribution in [1.29, 1.82) is 0 Å². The maximum absolute atomic E-state index is 13.0.